The first-order valence-corrected chi connectivity index (χ1v) is 10.8. The van der Waals surface area contributed by atoms with Crippen molar-refractivity contribution in [2.75, 3.05) is 19.4 Å². The highest BCUT2D eigenvalue weighted by atomic mass is 35.5. The van der Waals surface area contributed by atoms with Crippen LogP contribution in [-0.2, 0) is 10.0 Å². The number of aromatic nitrogens is 2. The van der Waals surface area contributed by atoms with E-state index >= 15 is 0 Å². The fourth-order valence-corrected chi connectivity index (χ4v) is 4.47. The number of halogens is 1. The molecule has 2 heterocycles. The van der Waals surface area contributed by atoms with Crippen molar-refractivity contribution in [1.82, 2.24) is 14.3 Å². The Bertz CT molecular complexity index is 1200. The lowest BCUT2D eigenvalue weighted by Crippen LogP contribution is -2.23. The van der Waals surface area contributed by atoms with Crippen LogP contribution in [0.1, 0.15) is 20.8 Å². The van der Waals surface area contributed by atoms with E-state index in [1.807, 2.05) is 0 Å². The Morgan fingerprint density at radius 2 is 2.00 bits per heavy atom. The number of rotatable bonds is 6. The van der Waals surface area contributed by atoms with E-state index in [0.29, 0.717) is 16.4 Å². The third-order valence-electron chi connectivity index (χ3n) is 3.92. The minimum absolute atomic E-state index is 0.0181. The second kappa shape index (κ2) is 7.95. The summed E-state index contributed by atoms with van der Waals surface area (Å²) in [4.78, 5) is 30.6. The number of anilines is 1. The van der Waals surface area contributed by atoms with Gasteiger partial charge < -0.3 is 10.7 Å². The minimum atomic E-state index is -3.81. The minimum Gasteiger partial charge on any atom is -0.364 e. The van der Waals surface area contributed by atoms with E-state index in [1.54, 1.807) is 17.6 Å². The summed E-state index contributed by atoms with van der Waals surface area (Å²) in [6.45, 7) is 0. The molecule has 0 aliphatic carbocycles. The van der Waals surface area contributed by atoms with Gasteiger partial charge in [0.05, 0.1) is 10.7 Å². The Balaban J connectivity index is 1.82. The summed E-state index contributed by atoms with van der Waals surface area (Å²) >= 11 is 7.18. The molecule has 1 aromatic carbocycles. The number of nitrogens with zero attached hydrogens (tertiary/aromatic N) is 2. The van der Waals surface area contributed by atoms with Gasteiger partial charge in [0.25, 0.3) is 11.8 Å². The molecule has 152 valence electrons. The number of carbonyl (C=O) groups excluding carboxylic acids is 2. The summed E-state index contributed by atoms with van der Waals surface area (Å²) < 4.78 is 25.7. The molecule has 2 aromatic heterocycles. The van der Waals surface area contributed by atoms with Crippen LogP contribution in [0.3, 0.4) is 0 Å². The van der Waals surface area contributed by atoms with Crippen LogP contribution < -0.4 is 11.1 Å². The number of carbonyl (C=O) groups is 2. The van der Waals surface area contributed by atoms with Crippen molar-refractivity contribution in [3.8, 4) is 11.3 Å². The van der Waals surface area contributed by atoms with E-state index in [0.717, 1.165) is 4.31 Å². The van der Waals surface area contributed by atoms with Crippen LogP contribution in [0.4, 0.5) is 5.13 Å². The number of amides is 2. The molecule has 0 aliphatic rings. The molecule has 0 aliphatic heterocycles. The summed E-state index contributed by atoms with van der Waals surface area (Å²) in [5, 5.41) is 4.64. The number of nitrogens with one attached hydrogen (secondary N) is 2. The Hall–Kier alpha value is -2.73. The summed E-state index contributed by atoms with van der Waals surface area (Å²) in [6.07, 6.45) is 1.58. The largest absolute Gasteiger partial charge is 0.364 e. The highest BCUT2D eigenvalue weighted by molar-refractivity contribution is 7.89. The van der Waals surface area contributed by atoms with E-state index in [-0.39, 0.29) is 21.2 Å². The van der Waals surface area contributed by atoms with Crippen LogP contribution in [0.15, 0.2) is 40.7 Å². The quantitative estimate of drug-likeness (QED) is 0.526. The number of nitrogens with two attached hydrogens (primary N) is 1. The average Bonchev–Trinajstić information content (AvgIpc) is 3.31. The zero-order valence-electron chi connectivity index (χ0n) is 15.3. The van der Waals surface area contributed by atoms with E-state index in [9.17, 15) is 18.0 Å². The molecule has 0 atom stereocenters. The molecule has 29 heavy (non-hydrogen) atoms. The Labute approximate surface area is 175 Å². The van der Waals surface area contributed by atoms with Crippen molar-refractivity contribution in [3.05, 3.63) is 52.1 Å². The Morgan fingerprint density at radius 3 is 2.62 bits per heavy atom. The topological polar surface area (TPSA) is 138 Å². The first-order valence-electron chi connectivity index (χ1n) is 8.07. The molecule has 0 saturated carbocycles. The van der Waals surface area contributed by atoms with Crippen molar-refractivity contribution >= 4 is 49.9 Å². The van der Waals surface area contributed by atoms with Gasteiger partial charge in [0.15, 0.2) is 5.13 Å². The monoisotopic (exact) mass is 453 g/mol. The normalized spacial score (nSPS) is 11.6. The number of hydrogen-bond donors (Lipinski definition) is 3. The van der Waals surface area contributed by atoms with Crippen LogP contribution in [0, 0.1) is 0 Å². The first-order chi connectivity index (χ1) is 13.6. The molecule has 0 bridgehead atoms. The number of sulfonamides is 1. The van der Waals surface area contributed by atoms with Gasteiger partial charge in [0.2, 0.25) is 10.0 Å². The van der Waals surface area contributed by atoms with Gasteiger partial charge in [-0.05, 0) is 24.3 Å². The number of aromatic amines is 1. The van der Waals surface area contributed by atoms with Gasteiger partial charge >= 0.3 is 0 Å². The predicted octanol–water partition coefficient (Wildman–Crippen LogP) is 2.39. The molecule has 0 unspecified atom stereocenters. The molecule has 0 fully saturated rings. The fraction of sp³-hybridized carbons (Fsp3) is 0.118. The molecule has 4 N–H and O–H groups in total. The molecule has 12 heteroatoms. The molecule has 9 nitrogen and oxygen atoms in total. The summed E-state index contributed by atoms with van der Waals surface area (Å²) in [5.74, 6) is -1.13. The molecular formula is C17H16ClN5O4S2. The summed E-state index contributed by atoms with van der Waals surface area (Å²) in [6, 6.07) is 5.55. The number of benzene rings is 1. The van der Waals surface area contributed by atoms with Gasteiger partial charge in [-0.15, -0.1) is 11.3 Å². The van der Waals surface area contributed by atoms with Crippen molar-refractivity contribution in [2.45, 2.75) is 4.90 Å². The standard InChI is InChI=1S/C17H16ClN5O4S2/c1-23(2)29(26,27)14-6-9(3-4-11(14)18)16(25)22-17-21-13(8-28-17)10-5-12(15(19)24)20-7-10/h3-8,20H,1-2H3,(H2,19,24)(H,21,22,25). The number of thiazole rings is 1. The molecule has 0 radical (unpaired) electrons. The Kier molecular flexibility index (Phi) is 5.75. The molecule has 2 amide bonds. The zero-order chi connectivity index (χ0) is 21.3. The van der Waals surface area contributed by atoms with Gasteiger partial charge in [-0.1, -0.05) is 11.6 Å². The zero-order valence-corrected chi connectivity index (χ0v) is 17.7. The third kappa shape index (κ3) is 4.32. The Morgan fingerprint density at radius 1 is 1.28 bits per heavy atom. The maximum absolute atomic E-state index is 12.6. The van der Waals surface area contributed by atoms with Crippen LogP contribution >= 0.6 is 22.9 Å². The number of hydrogen-bond acceptors (Lipinski definition) is 6. The summed E-state index contributed by atoms with van der Waals surface area (Å²) in [7, 11) is -1.06. The maximum atomic E-state index is 12.6. The number of H-pyrrole nitrogens is 1. The number of primary amides is 1. The van der Waals surface area contributed by atoms with E-state index in [2.05, 4.69) is 15.3 Å². The third-order valence-corrected chi connectivity index (χ3v) is 6.98. The van der Waals surface area contributed by atoms with Crippen LogP contribution in [-0.4, -0.2) is 48.6 Å². The molecule has 0 spiro atoms. The van der Waals surface area contributed by atoms with E-state index < -0.39 is 21.8 Å². The van der Waals surface area contributed by atoms with E-state index in [4.69, 9.17) is 17.3 Å². The van der Waals surface area contributed by atoms with Gasteiger partial charge in [0.1, 0.15) is 10.6 Å². The molecule has 3 rings (SSSR count). The van der Waals surface area contributed by atoms with E-state index in [1.165, 1.54) is 43.6 Å². The highest BCUT2D eigenvalue weighted by Gasteiger charge is 2.23. The van der Waals surface area contributed by atoms with Crippen molar-refractivity contribution in [1.29, 1.82) is 0 Å². The lowest BCUT2D eigenvalue weighted by molar-refractivity contribution is 0.0994. The van der Waals surface area contributed by atoms with Crippen LogP contribution in [0.5, 0.6) is 0 Å². The van der Waals surface area contributed by atoms with Gasteiger partial charge in [-0.2, -0.15) is 0 Å². The predicted molar refractivity (Wildman–Crippen MR) is 111 cm³/mol. The molecule has 3 aromatic rings. The first kappa shape index (κ1) is 21.0. The SMILES string of the molecule is CN(C)S(=O)(=O)c1cc(C(=O)Nc2nc(-c3c[nH]c(C(N)=O)c3)cs2)ccc1Cl. The maximum Gasteiger partial charge on any atom is 0.265 e. The fourth-order valence-electron chi connectivity index (χ4n) is 2.36. The van der Waals surface area contributed by atoms with Crippen molar-refractivity contribution < 1.29 is 18.0 Å². The lowest BCUT2D eigenvalue weighted by Gasteiger charge is -2.13. The summed E-state index contributed by atoms with van der Waals surface area (Å²) in [5.41, 5.74) is 6.76. The van der Waals surface area contributed by atoms with Crippen LogP contribution in [0.2, 0.25) is 5.02 Å². The van der Waals surface area contributed by atoms with Crippen molar-refractivity contribution in [2.24, 2.45) is 5.73 Å². The second-order valence-electron chi connectivity index (χ2n) is 6.09. The molecular weight excluding hydrogens is 438 g/mol. The van der Waals surface area contributed by atoms with Gasteiger partial charge in [-0.3, -0.25) is 14.9 Å². The second-order valence-corrected chi connectivity index (χ2v) is 9.48. The van der Waals surface area contributed by atoms with Crippen molar-refractivity contribution in [3.63, 3.8) is 0 Å². The molecule has 0 saturated heterocycles. The lowest BCUT2D eigenvalue weighted by atomic mass is 10.2. The smallest absolute Gasteiger partial charge is 0.265 e. The highest BCUT2D eigenvalue weighted by Crippen LogP contribution is 2.27. The van der Waals surface area contributed by atoms with Gasteiger partial charge in [0, 0.05) is 36.8 Å². The van der Waals surface area contributed by atoms with Crippen LogP contribution in [0.25, 0.3) is 11.3 Å². The van der Waals surface area contributed by atoms with Gasteiger partial charge in [-0.25, -0.2) is 17.7 Å². The average molecular weight is 454 g/mol.